The van der Waals surface area contributed by atoms with Crippen LogP contribution in [0.1, 0.15) is 91.6 Å². The van der Waals surface area contributed by atoms with Crippen LogP contribution in [0, 0.1) is 34.5 Å². The lowest BCUT2D eigenvalue weighted by molar-refractivity contribution is -0.136. The van der Waals surface area contributed by atoms with Crippen molar-refractivity contribution < 1.29 is 33.4 Å². The highest BCUT2D eigenvalue weighted by molar-refractivity contribution is 6.00. The highest BCUT2D eigenvalue weighted by Crippen LogP contribution is 2.34. The van der Waals surface area contributed by atoms with Gasteiger partial charge in [0.25, 0.3) is 17.7 Å². The van der Waals surface area contributed by atoms with Crippen molar-refractivity contribution in [3.63, 3.8) is 0 Å². The van der Waals surface area contributed by atoms with Crippen molar-refractivity contribution in [3.8, 4) is 57.7 Å². The van der Waals surface area contributed by atoms with E-state index in [9.17, 15) is 29.2 Å². The molecule has 0 radical (unpaired) electrons. The van der Waals surface area contributed by atoms with E-state index in [0.29, 0.717) is 72.0 Å². The maximum atomic E-state index is 12.6. The van der Waals surface area contributed by atoms with Crippen molar-refractivity contribution in [1.29, 1.82) is 10.5 Å². The first-order valence-electron chi connectivity index (χ1n) is 25.2. The van der Waals surface area contributed by atoms with E-state index < -0.39 is 11.8 Å². The largest absolute Gasteiger partial charge is 0.457 e. The second kappa shape index (κ2) is 26.4. The molecule has 0 unspecified atom stereocenters. The number of likely N-dealkylation sites (tertiary alicyclic amines) is 2. The second-order valence-electron chi connectivity index (χ2n) is 18.8. The number of amides is 4. The Labute approximate surface area is 442 Å². The van der Waals surface area contributed by atoms with Crippen molar-refractivity contribution in [2.75, 3.05) is 39.3 Å². The van der Waals surface area contributed by atoms with E-state index in [0.717, 1.165) is 54.6 Å². The number of aldehydes is 1. The smallest absolute Gasteiger partial charge is 0.264 e. The Bertz CT molecular complexity index is 3030. The molecular formula is C58H63N11O7. The van der Waals surface area contributed by atoms with Crippen LogP contribution in [0.25, 0.3) is 22.5 Å². The Morgan fingerprint density at radius 1 is 0.618 bits per heavy atom. The molecule has 5 fully saturated rings. The fraction of sp³-hybridized carbons (Fsp3) is 0.328. The van der Waals surface area contributed by atoms with Gasteiger partial charge in [0.2, 0.25) is 5.91 Å². The number of piperidine rings is 1. The standard InChI is InChI=1S/C26H23N5O3.C22H19N5O3.C5H11N.C4H6O.CH4/c27-13-19(12-17-6-7-17)26(33)30-14-20(15-30)31-16-23(25(28)32)24(29-31)18-8-10-22(11-9-18)34-21-4-2-1-3-5-21;23-11-10-20(28)26-12-16(13-26)27-14-19(22(24)29)21(25-27)15-6-8-18(9-7-15)30-17-4-2-1-3-5-17;1-2-4-6-5-3-1;5-3-4-1-2-4;/h1-5,8-12,16-17,20H,6-7,14-15H2,(H2,28,32);1-9,14,16H,10,12-13H2,(H2,24,29);6H,1-5H2;3-4H,1-2H2;1H4/b19-12+;;;;. The predicted octanol–water partition coefficient (Wildman–Crippen LogP) is 8.41. The molecule has 0 spiro atoms. The molecule has 18 heteroatoms. The summed E-state index contributed by atoms with van der Waals surface area (Å²) in [4.78, 5) is 61.2. The maximum absolute atomic E-state index is 12.6. The minimum absolute atomic E-state index is 0. The minimum atomic E-state index is -0.572. The third-order valence-electron chi connectivity index (χ3n) is 12.9. The molecule has 5 aliphatic rings. The number of hydrogen-bond donors (Lipinski definition) is 3. The number of carbonyl (C=O) groups is 5. The SMILES string of the molecule is C.C1CCNCC1.N#C/C(=C\C1CC1)C(=O)N1CC(n2cc(C(N)=O)c(-c3ccc(Oc4ccccc4)cc3)n2)C1.N#CCC(=O)N1CC(n2cc(C(N)=O)c(-c3ccc(Oc4ccccc4)cc3)n2)C1.O=CC1CC1. The number of benzene rings is 4. The summed E-state index contributed by atoms with van der Waals surface area (Å²) in [6.45, 7) is 4.24. The van der Waals surface area contributed by atoms with Gasteiger partial charge in [-0.1, -0.05) is 56.3 Å². The third kappa shape index (κ3) is 14.9. The number of nitrogens with one attached hydrogen (secondary N) is 1. The van der Waals surface area contributed by atoms with Gasteiger partial charge in [-0.2, -0.15) is 20.7 Å². The molecule has 18 nitrogen and oxygen atoms in total. The minimum Gasteiger partial charge on any atom is -0.457 e. The molecule has 3 aliphatic heterocycles. The Morgan fingerprint density at radius 2 is 1.05 bits per heavy atom. The van der Waals surface area contributed by atoms with Gasteiger partial charge in [0.15, 0.2) is 0 Å². The number of hydrogen-bond acceptors (Lipinski definition) is 12. The Hall–Kier alpha value is -8.87. The van der Waals surface area contributed by atoms with Crippen LogP contribution in [-0.4, -0.2) is 98.5 Å². The molecule has 4 aromatic carbocycles. The number of rotatable bonds is 14. The summed E-state index contributed by atoms with van der Waals surface area (Å²) in [7, 11) is 0. The average molecular weight is 1030 g/mol. The first kappa shape index (κ1) is 54.9. The van der Waals surface area contributed by atoms with Gasteiger partial charge in [0, 0.05) is 55.6 Å². The molecule has 5 N–H and O–H groups in total. The third-order valence-corrected chi connectivity index (χ3v) is 12.9. The molecule has 3 saturated heterocycles. The first-order valence-corrected chi connectivity index (χ1v) is 25.2. The summed E-state index contributed by atoms with van der Waals surface area (Å²) in [5.41, 5.74) is 14.4. The van der Waals surface area contributed by atoms with E-state index >= 15 is 0 Å². The zero-order valence-corrected chi connectivity index (χ0v) is 41.5. The predicted molar refractivity (Wildman–Crippen MR) is 286 cm³/mol. The van der Waals surface area contributed by atoms with Crippen LogP contribution in [0.15, 0.2) is 133 Å². The Balaban J connectivity index is 0.000000182. The van der Waals surface area contributed by atoms with E-state index in [1.54, 1.807) is 49.8 Å². The summed E-state index contributed by atoms with van der Waals surface area (Å²) < 4.78 is 15.0. The second-order valence-corrected chi connectivity index (χ2v) is 18.8. The molecule has 0 atom stereocenters. The Kier molecular flexibility index (Phi) is 19.1. The van der Waals surface area contributed by atoms with Crippen molar-refractivity contribution in [2.45, 2.75) is 70.9 Å². The van der Waals surface area contributed by atoms with Gasteiger partial charge in [-0.3, -0.25) is 28.5 Å². The molecule has 11 rings (SSSR count). The van der Waals surface area contributed by atoms with Gasteiger partial charge in [-0.25, -0.2) is 0 Å². The molecule has 0 bridgehead atoms. The van der Waals surface area contributed by atoms with Crippen LogP contribution >= 0.6 is 0 Å². The van der Waals surface area contributed by atoms with E-state index in [1.807, 2.05) is 109 Å². The summed E-state index contributed by atoms with van der Waals surface area (Å²) in [5, 5.41) is 30.4. The molecular weight excluding hydrogens is 963 g/mol. The molecule has 76 heavy (non-hydrogen) atoms. The van der Waals surface area contributed by atoms with Crippen LogP contribution in [0.5, 0.6) is 23.0 Å². The van der Waals surface area contributed by atoms with Crippen LogP contribution in [0.3, 0.4) is 0 Å². The van der Waals surface area contributed by atoms with Crippen LogP contribution in [0.4, 0.5) is 0 Å². The highest BCUT2D eigenvalue weighted by atomic mass is 16.5. The first-order chi connectivity index (χ1) is 36.5. The topological polar surface area (TPSA) is 258 Å². The van der Waals surface area contributed by atoms with Crippen molar-refractivity contribution in [3.05, 3.63) is 144 Å². The zero-order chi connectivity index (χ0) is 52.7. The van der Waals surface area contributed by atoms with Gasteiger partial charge in [-0.15, -0.1) is 0 Å². The van der Waals surface area contributed by atoms with Crippen molar-refractivity contribution >= 4 is 29.9 Å². The molecule has 4 amide bonds. The summed E-state index contributed by atoms with van der Waals surface area (Å²) in [6.07, 6.45) is 14.5. The molecule has 5 heterocycles. The monoisotopic (exact) mass is 1030 g/mol. The number of nitriles is 2. The average Bonchev–Trinajstić information content (AvgIpc) is 4.34. The normalized spacial score (nSPS) is 15.8. The molecule has 2 aliphatic carbocycles. The van der Waals surface area contributed by atoms with Crippen LogP contribution in [-0.2, 0) is 14.4 Å². The number of para-hydroxylation sites is 2. The number of primary amides is 2. The van der Waals surface area contributed by atoms with Gasteiger partial charge >= 0.3 is 0 Å². The maximum Gasteiger partial charge on any atom is 0.264 e. The van der Waals surface area contributed by atoms with Crippen LogP contribution in [0.2, 0.25) is 0 Å². The number of ether oxygens (including phenoxy) is 2. The Morgan fingerprint density at radius 3 is 1.39 bits per heavy atom. The summed E-state index contributed by atoms with van der Waals surface area (Å²) in [5.74, 6) is 2.00. The summed E-state index contributed by atoms with van der Waals surface area (Å²) in [6, 6.07) is 37.2. The molecule has 392 valence electrons. The van der Waals surface area contributed by atoms with Gasteiger partial charge in [-0.05, 0) is 130 Å². The van der Waals surface area contributed by atoms with Crippen molar-refractivity contribution in [1.82, 2.24) is 34.7 Å². The number of nitrogens with zero attached hydrogens (tertiary/aromatic N) is 8. The van der Waals surface area contributed by atoms with E-state index in [4.69, 9.17) is 26.2 Å². The fourth-order valence-corrected chi connectivity index (χ4v) is 8.21. The molecule has 2 aromatic heterocycles. The molecule has 2 saturated carbocycles. The van der Waals surface area contributed by atoms with E-state index in [1.165, 1.54) is 32.4 Å². The van der Waals surface area contributed by atoms with Gasteiger partial charge in [0.05, 0.1) is 29.3 Å². The van der Waals surface area contributed by atoms with Gasteiger partial charge in [0.1, 0.15) is 58.7 Å². The highest BCUT2D eigenvalue weighted by Gasteiger charge is 2.36. The quantitative estimate of drug-likeness (QED) is 0.0528. The van der Waals surface area contributed by atoms with Crippen LogP contribution < -0.4 is 26.3 Å². The number of allylic oxidation sites excluding steroid dienone is 1. The zero-order valence-electron chi connectivity index (χ0n) is 41.5. The van der Waals surface area contributed by atoms with E-state index in [-0.39, 0.29) is 43.3 Å². The number of aromatic nitrogens is 4. The molecule has 6 aromatic rings. The fourth-order valence-electron chi connectivity index (χ4n) is 8.21. The lowest BCUT2D eigenvalue weighted by Gasteiger charge is -2.39. The lowest BCUT2D eigenvalue weighted by Crippen LogP contribution is -2.51. The number of carbonyl (C=O) groups excluding carboxylic acids is 5. The van der Waals surface area contributed by atoms with E-state index in [2.05, 4.69) is 15.5 Å². The van der Waals surface area contributed by atoms with Crippen molar-refractivity contribution in [2.24, 2.45) is 23.3 Å². The summed E-state index contributed by atoms with van der Waals surface area (Å²) >= 11 is 0. The van der Waals surface area contributed by atoms with Gasteiger partial charge < -0.3 is 40.9 Å². The lowest BCUT2D eigenvalue weighted by atomic mass is 10.1. The number of nitrogens with two attached hydrogens (primary N) is 2.